The molecule has 0 spiro atoms. The molecule has 0 fully saturated rings. The Morgan fingerprint density at radius 3 is 2.47 bits per heavy atom. The highest BCUT2D eigenvalue weighted by Crippen LogP contribution is 2.35. The molecule has 0 radical (unpaired) electrons. The van der Waals surface area contributed by atoms with Crippen LogP contribution in [0.3, 0.4) is 0 Å². The maximum Gasteiger partial charge on any atom is 0.416 e. The fraction of sp³-hybridized carbons (Fsp3) is 0.125. The van der Waals surface area contributed by atoms with E-state index in [-0.39, 0.29) is 28.3 Å². The molecule has 2 N–H and O–H groups in total. The van der Waals surface area contributed by atoms with E-state index in [0.29, 0.717) is 0 Å². The van der Waals surface area contributed by atoms with Crippen LogP contribution in [0.25, 0.3) is 0 Å². The van der Waals surface area contributed by atoms with Crippen molar-refractivity contribution in [1.29, 1.82) is 0 Å². The first-order valence-electron chi connectivity index (χ1n) is 10.5. The first kappa shape index (κ1) is 24.4. The largest absolute Gasteiger partial charge is 0.416 e. The minimum atomic E-state index is -4.62. The van der Waals surface area contributed by atoms with Crippen LogP contribution in [-0.4, -0.2) is 28.7 Å². The predicted octanol–water partition coefficient (Wildman–Crippen LogP) is 4.61. The fourth-order valence-electron chi connectivity index (χ4n) is 3.78. The van der Waals surface area contributed by atoms with Crippen molar-refractivity contribution >= 4 is 40.5 Å². The molecule has 3 aromatic rings. The Bertz CT molecular complexity index is 1380. The van der Waals surface area contributed by atoms with E-state index in [4.69, 9.17) is 0 Å². The van der Waals surface area contributed by atoms with E-state index < -0.39 is 46.8 Å². The molecular formula is C24H17F3N4O5. The topological polar surface area (TPSA) is 122 Å². The molecule has 12 heteroatoms. The van der Waals surface area contributed by atoms with Gasteiger partial charge in [-0.15, -0.1) is 0 Å². The lowest BCUT2D eigenvalue weighted by molar-refractivity contribution is -0.384. The Morgan fingerprint density at radius 1 is 1.03 bits per heavy atom. The minimum absolute atomic E-state index is 0.0861. The van der Waals surface area contributed by atoms with Crippen molar-refractivity contribution in [2.45, 2.75) is 18.6 Å². The molecule has 9 nitrogen and oxygen atoms in total. The normalized spacial score (nSPS) is 15.0. The van der Waals surface area contributed by atoms with Gasteiger partial charge in [0, 0.05) is 23.4 Å². The van der Waals surface area contributed by atoms with E-state index >= 15 is 0 Å². The number of nitrogens with zero attached hydrogens (tertiary/aromatic N) is 2. The highest BCUT2D eigenvalue weighted by molar-refractivity contribution is 6.18. The van der Waals surface area contributed by atoms with Gasteiger partial charge < -0.3 is 10.6 Å². The maximum absolute atomic E-state index is 13.5. The van der Waals surface area contributed by atoms with E-state index in [9.17, 15) is 37.7 Å². The van der Waals surface area contributed by atoms with Gasteiger partial charge in [-0.05, 0) is 36.4 Å². The Hall–Kier alpha value is -4.74. The Balaban J connectivity index is 1.65. The smallest absolute Gasteiger partial charge is 0.326 e. The molecule has 1 aliphatic heterocycles. The molecule has 3 aromatic carbocycles. The number of nitro benzene ring substituents is 1. The van der Waals surface area contributed by atoms with Crippen LogP contribution in [0.4, 0.5) is 35.9 Å². The van der Waals surface area contributed by atoms with Crippen molar-refractivity contribution < 1.29 is 32.5 Å². The number of amides is 3. The summed E-state index contributed by atoms with van der Waals surface area (Å²) in [6, 6.07) is 13.8. The van der Waals surface area contributed by atoms with E-state index in [1.807, 2.05) is 0 Å². The van der Waals surface area contributed by atoms with Crippen molar-refractivity contribution in [3.8, 4) is 0 Å². The third-order valence-corrected chi connectivity index (χ3v) is 5.41. The van der Waals surface area contributed by atoms with Gasteiger partial charge in [-0.25, -0.2) is 0 Å². The number of nitrogens with one attached hydrogen (secondary N) is 2. The summed E-state index contributed by atoms with van der Waals surface area (Å²) in [6.07, 6.45) is -5.20. The third-order valence-electron chi connectivity index (χ3n) is 5.41. The molecule has 0 bridgehead atoms. The van der Waals surface area contributed by atoms with Crippen LogP contribution in [-0.2, 0) is 15.8 Å². The lowest BCUT2D eigenvalue weighted by Crippen LogP contribution is -2.52. The lowest BCUT2D eigenvalue weighted by atomic mass is 10.0. The molecule has 36 heavy (non-hydrogen) atoms. The summed E-state index contributed by atoms with van der Waals surface area (Å²) < 4.78 is 39.0. The molecule has 0 aliphatic carbocycles. The van der Waals surface area contributed by atoms with Crippen LogP contribution >= 0.6 is 0 Å². The van der Waals surface area contributed by atoms with E-state index in [0.717, 1.165) is 29.2 Å². The molecule has 1 aliphatic rings. The van der Waals surface area contributed by atoms with Crippen molar-refractivity contribution in [3.05, 3.63) is 94.0 Å². The summed E-state index contributed by atoms with van der Waals surface area (Å²) in [7, 11) is 0. The van der Waals surface area contributed by atoms with Crippen LogP contribution in [0.5, 0.6) is 0 Å². The summed E-state index contributed by atoms with van der Waals surface area (Å²) in [6.45, 7) is 0. The molecule has 1 atom stereocenters. The number of fused-ring (bicyclic) bond motifs is 1. The monoisotopic (exact) mass is 498 g/mol. The number of alkyl halides is 3. The van der Waals surface area contributed by atoms with Crippen molar-refractivity contribution in [2.75, 3.05) is 15.5 Å². The van der Waals surface area contributed by atoms with Gasteiger partial charge in [0.15, 0.2) is 0 Å². The van der Waals surface area contributed by atoms with Gasteiger partial charge in [-0.2, -0.15) is 13.2 Å². The average Bonchev–Trinajstić information content (AvgIpc) is 2.84. The standard InChI is InChI=1S/C24H17F3N4O5/c25-24(26,27)15-6-4-7-16(12-15)28-21(32)13-20-22(33)29-18-9-1-2-10-19(18)30(20)23(34)14-5-3-8-17(11-14)31(35)36/h1-12,20H,13H2,(H,28,32)(H,29,33)/t20-/m0/s1. The number of hydrogen-bond acceptors (Lipinski definition) is 5. The Morgan fingerprint density at radius 2 is 1.75 bits per heavy atom. The SMILES string of the molecule is O=C(C[C@H]1C(=O)Nc2ccccc2N1C(=O)c1cccc([N+](=O)[O-])c1)Nc1cccc(C(F)(F)F)c1. The summed E-state index contributed by atoms with van der Waals surface area (Å²) in [5.74, 6) is -2.28. The highest BCUT2D eigenvalue weighted by atomic mass is 19.4. The van der Waals surface area contributed by atoms with Crippen molar-refractivity contribution in [1.82, 2.24) is 0 Å². The van der Waals surface area contributed by atoms with Crippen LogP contribution in [0.2, 0.25) is 0 Å². The molecule has 0 saturated carbocycles. The molecule has 184 valence electrons. The minimum Gasteiger partial charge on any atom is -0.326 e. The van der Waals surface area contributed by atoms with Crippen LogP contribution in [0.15, 0.2) is 72.8 Å². The van der Waals surface area contributed by atoms with E-state index in [2.05, 4.69) is 10.6 Å². The third kappa shape index (κ3) is 5.02. The number of para-hydroxylation sites is 2. The van der Waals surface area contributed by atoms with Gasteiger partial charge in [-0.3, -0.25) is 29.4 Å². The van der Waals surface area contributed by atoms with Crippen molar-refractivity contribution in [2.24, 2.45) is 0 Å². The highest BCUT2D eigenvalue weighted by Gasteiger charge is 2.39. The zero-order valence-corrected chi connectivity index (χ0v) is 18.3. The molecular weight excluding hydrogens is 481 g/mol. The van der Waals surface area contributed by atoms with Gasteiger partial charge in [0.1, 0.15) is 6.04 Å². The Kier molecular flexibility index (Phi) is 6.43. The van der Waals surface area contributed by atoms with Gasteiger partial charge in [0.2, 0.25) is 11.8 Å². The second-order valence-corrected chi connectivity index (χ2v) is 7.84. The number of nitro groups is 1. The molecule has 0 saturated heterocycles. The van der Waals surface area contributed by atoms with Gasteiger partial charge in [0.25, 0.3) is 11.6 Å². The van der Waals surface area contributed by atoms with E-state index in [1.54, 1.807) is 18.2 Å². The summed E-state index contributed by atoms with van der Waals surface area (Å²) in [5.41, 5.74) is -0.983. The van der Waals surface area contributed by atoms with Crippen molar-refractivity contribution in [3.63, 3.8) is 0 Å². The number of carbonyl (C=O) groups excluding carboxylic acids is 3. The number of benzene rings is 3. The second kappa shape index (κ2) is 9.49. The van der Waals surface area contributed by atoms with Crippen LogP contribution in [0, 0.1) is 10.1 Å². The molecule has 3 amide bonds. The molecule has 4 rings (SSSR count). The number of rotatable bonds is 5. The zero-order chi connectivity index (χ0) is 26.0. The number of halogens is 3. The summed E-state index contributed by atoms with van der Waals surface area (Å²) in [4.78, 5) is 50.7. The van der Waals surface area contributed by atoms with Crippen LogP contribution in [0.1, 0.15) is 22.3 Å². The first-order valence-corrected chi connectivity index (χ1v) is 10.5. The molecule has 0 aromatic heterocycles. The summed E-state index contributed by atoms with van der Waals surface area (Å²) in [5, 5.41) is 16.1. The van der Waals surface area contributed by atoms with E-state index in [1.165, 1.54) is 30.3 Å². The number of hydrogen-bond donors (Lipinski definition) is 2. The predicted molar refractivity (Wildman–Crippen MR) is 123 cm³/mol. The number of anilines is 3. The van der Waals surface area contributed by atoms with Crippen LogP contribution < -0.4 is 15.5 Å². The lowest BCUT2D eigenvalue weighted by Gasteiger charge is -2.36. The number of non-ortho nitro benzene ring substituents is 1. The molecule has 1 heterocycles. The maximum atomic E-state index is 13.5. The Labute approximate surface area is 201 Å². The van der Waals surface area contributed by atoms with Gasteiger partial charge in [0.05, 0.1) is 28.3 Å². The van der Waals surface area contributed by atoms with Gasteiger partial charge in [-0.1, -0.05) is 24.3 Å². The van der Waals surface area contributed by atoms with Gasteiger partial charge >= 0.3 is 6.18 Å². The summed E-state index contributed by atoms with van der Waals surface area (Å²) >= 11 is 0. The average molecular weight is 498 g/mol. The zero-order valence-electron chi connectivity index (χ0n) is 18.3. The number of carbonyl (C=O) groups is 3. The fourth-order valence-corrected chi connectivity index (χ4v) is 3.78. The second-order valence-electron chi connectivity index (χ2n) is 7.84. The quantitative estimate of drug-likeness (QED) is 0.393. The first-order chi connectivity index (χ1) is 17.0. The molecule has 0 unspecified atom stereocenters.